The number of anilines is 2. The molecule has 120 valence electrons. The molecule has 0 amide bonds. The normalized spacial score (nSPS) is 10.5. The third kappa shape index (κ3) is 2.70. The molecule has 0 fully saturated rings. The highest BCUT2D eigenvalue weighted by Gasteiger charge is 2.11. The highest BCUT2D eigenvalue weighted by atomic mass is 35.5. The van der Waals surface area contributed by atoms with Gasteiger partial charge in [-0.3, -0.25) is 15.2 Å². The van der Waals surface area contributed by atoms with E-state index in [4.69, 9.17) is 0 Å². The second kappa shape index (κ2) is 6.09. The fourth-order valence-corrected chi connectivity index (χ4v) is 2.41. The summed E-state index contributed by atoms with van der Waals surface area (Å²) in [5, 5.41) is 22.6. The molecular weight excluding hydrogens is 332 g/mol. The molecule has 0 aliphatic heterocycles. The predicted octanol–water partition coefficient (Wildman–Crippen LogP) is 3.58. The Labute approximate surface area is 141 Å². The maximum absolute atomic E-state index is 11.0. The Bertz CT molecular complexity index is 1050. The maximum atomic E-state index is 11.0. The van der Waals surface area contributed by atoms with Gasteiger partial charge in [-0.25, -0.2) is 9.97 Å². The Hall–Kier alpha value is -3.26. The number of aromatic nitrogens is 4. The molecule has 0 atom stereocenters. The minimum absolute atomic E-state index is 0. The monoisotopic (exact) mass is 342 g/mol. The summed E-state index contributed by atoms with van der Waals surface area (Å²) in [6.45, 7) is 0. The number of hydrogen-bond acceptors (Lipinski definition) is 6. The molecule has 2 aromatic heterocycles. The Morgan fingerprint density at radius 3 is 2.83 bits per heavy atom. The quantitative estimate of drug-likeness (QED) is 0.435. The summed E-state index contributed by atoms with van der Waals surface area (Å²) in [5.74, 6) is 0.515. The lowest BCUT2D eigenvalue weighted by Gasteiger charge is -2.08. The van der Waals surface area contributed by atoms with E-state index in [2.05, 4.69) is 25.5 Å². The highest BCUT2D eigenvalue weighted by Crippen LogP contribution is 2.27. The molecule has 0 unspecified atom stereocenters. The van der Waals surface area contributed by atoms with Crippen LogP contribution in [0, 0.1) is 10.1 Å². The van der Waals surface area contributed by atoms with Crippen LogP contribution in [0.2, 0.25) is 0 Å². The van der Waals surface area contributed by atoms with E-state index in [0.717, 1.165) is 16.6 Å². The van der Waals surface area contributed by atoms with Gasteiger partial charge in [-0.2, -0.15) is 5.10 Å². The second-order valence-electron chi connectivity index (χ2n) is 4.98. The van der Waals surface area contributed by atoms with Crippen LogP contribution in [0.3, 0.4) is 0 Å². The third-order valence-electron chi connectivity index (χ3n) is 3.53. The predicted molar refractivity (Wildman–Crippen MR) is 92.8 cm³/mol. The zero-order valence-electron chi connectivity index (χ0n) is 12.1. The number of benzene rings is 2. The van der Waals surface area contributed by atoms with Crippen LogP contribution in [0.4, 0.5) is 17.2 Å². The molecule has 0 bridgehead atoms. The van der Waals surface area contributed by atoms with Gasteiger partial charge < -0.3 is 5.32 Å². The lowest BCUT2D eigenvalue weighted by Crippen LogP contribution is -1.97. The van der Waals surface area contributed by atoms with E-state index in [0.29, 0.717) is 16.7 Å². The van der Waals surface area contributed by atoms with Crippen LogP contribution in [-0.2, 0) is 0 Å². The van der Waals surface area contributed by atoms with Gasteiger partial charge in [-0.1, -0.05) is 0 Å². The fraction of sp³-hybridized carbons (Fsp3) is 0. The van der Waals surface area contributed by atoms with Crippen LogP contribution in [-0.4, -0.2) is 25.1 Å². The maximum Gasteiger partial charge on any atom is 0.270 e. The van der Waals surface area contributed by atoms with Gasteiger partial charge >= 0.3 is 0 Å². The van der Waals surface area contributed by atoms with E-state index in [9.17, 15) is 10.1 Å². The molecule has 4 rings (SSSR count). The van der Waals surface area contributed by atoms with E-state index in [-0.39, 0.29) is 18.1 Å². The Balaban J connectivity index is 0.00000169. The minimum atomic E-state index is -0.437. The van der Waals surface area contributed by atoms with Crippen LogP contribution in [0.5, 0.6) is 0 Å². The van der Waals surface area contributed by atoms with Crippen molar-refractivity contribution in [3.8, 4) is 0 Å². The Morgan fingerprint density at radius 1 is 1.12 bits per heavy atom. The van der Waals surface area contributed by atoms with Gasteiger partial charge in [0.1, 0.15) is 12.1 Å². The summed E-state index contributed by atoms with van der Waals surface area (Å²) in [7, 11) is 0. The number of fused-ring (bicyclic) bond motifs is 2. The lowest BCUT2D eigenvalue weighted by atomic mass is 10.2. The van der Waals surface area contributed by atoms with Gasteiger partial charge in [0.15, 0.2) is 0 Å². The number of halogens is 1. The average molecular weight is 343 g/mol. The first-order valence-corrected chi connectivity index (χ1v) is 6.80. The number of hydrogen-bond donors (Lipinski definition) is 2. The number of aromatic amines is 1. The lowest BCUT2D eigenvalue weighted by molar-refractivity contribution is -0.384. The van der Waals surface area contributed by atoms with Crippen LogP contribution in [0.1, 0.15) is 0 Å². The standard InChI is InChI=1S/C15H10N6O2.ClH/c22-21(23)11-2-4-14-12(6-11)15(17-8-16-14)19-10-1-3-13-9(5-10)7-18-20-13;/h1-8H,(H,18,20)(H,16,17,19);1H. The molecule has 0 saturated heterocycles. The van der Waals surface area contributed by atoms with Crippen molar-refractivity contribution >= 4 is 51.4 Å². The topological polar surface area (TPSA) is 110 Å². The first-order valence-electron chi connectivity index (χ1n) is 6.80. The van der Waals surface area contributed by atoms with E-state index < -0.39 is 4.92 Å². The summed E-state index contributed by atoms with van der Waals surface area (Å²) < 4.78 is 0. The van der Waals surface area contributed by atoms with Crippen molar-refractivity contribution in [2.45, 2.75) is 0 Å². The number of H-pyrrole nitrogens is 1. The number of nitro groups is 1. The molecule has 0 radical (unpaired) electrons. The molecule has 0 aliphatic rings. The van der Waals surface area contributed by atoms with E-state index in [1.807, 2.05) is 18.2 Å². The fourth-order valence-electron chi connectivity index (χ4n) is 2.41. The largest absolute Gasteiger partial charge is 0.340 e. The van der Waals surface area contributed by atoms with Crippen LogP contribution < -0.4 is 5.32 Å². The molecule has 24 heavy (non-hydrogen) atoms. The van der Waals surface area contributed by atoms with Crippen molar-refractivity contribution in [3.05, 3.63) is 59.0 Å². The van der Waals surface area contributed by atoms with Crippen LogP contribution in [0.15, 0.2) is 48.9 Å². The number of nitrogens with zero attached hydrogens (tertiary/aromatic N) is 4. The van der Waals surface area contributed by atoms with Gasteiger partial charge in [0, 0.05) is 28.6 Å². The smallest absolute Gasteiger partial charge is 0.270 e. The molecule has 2 N–H and O–H groups in total. The van der Waals surface area contributed by atoms with Crippen LogP contribution in [0.25, 0.3) is 21.8 Å². The van der Waals surface area contributed by atoms with Gasteiger partial charge in [-0.05, 0) is 24.3 Å². The van der Waals surface area contributed by atoms with Gasteiger partial charge in [0.25, 0.3) is 5.69 Å². The number of non-ortho nitro benzene ring substituents is 1. The molecule has 0 saturated carbocycles. The molecular formula is C15H11ClN6O2. The summed E-state index contributed by atoms with van der Waals surface area (Å²) >= 11 is 0. The zero-order valence-corrected chi connectivity index (χ0v) is 12.9. The highest BCUT2D eigenvalue weighted by molar-refractivity contribution is 5.93. The molecule has 9 heteroatoms. The molecule has 0 spiro atoms. The Morgan fingerprint density at radius 2 is 2.00 bits per heavy atom. The van der Waals surface area contributed by atoms with Gasteiger partial charge in [0.2, 0.25) is 0 Å². The van der Waals surface area contributed by atoms with Crippen molar-refractivity contribution in [3.63, 3.8) is 0 Å². The molecule has 4 aromatic rings. The van der Waals surface area contributed by atoms with Crippen molar-refractivity contribution in [1.82, 2.24) is 20.2 Å². The molecule has 8 nitrogen and oxygen atoms in total. The number of rotatable bonds is 3. The SMILES string of the molecule is Cl.O=[N+]([O-])c1ccc2ncnc(Nc3ccc4[nH]ncc4c3)c2c1. The first kappa shape index (κ1) is 15.6. The third-order valence-corrected chi connectivity index (χ3v) is 3.53. The van der Waals surface area contributed by atoms with Crippen molar-refractivity contribution < 1.29 is 4.92 Å². The van der Waals surface area contributed by atoms with E-state index >= 15 is 0 Å². The summed E-state index contributed by atoms with van der Waals surface area (Å²) in [6.07, 6.45) is 3.15. The number of nitrogens with one attached hydrogen (secondary N) is 2. The van der Waals surface area contributed by atoms with Crippen molar-refractivity contribution in [1.29, 1.82) is 0 Å². The first-order chi connectivity index (χ1) is 11.2. The summed E-state index contributed by atoms with van der Waals surface area (Å²) in [6, 6.07) is 10.2. The summed E-state index contributed by atoms with van der Waals surface area (Å²) in [5.41, 5.74) is 2.38. The average Bonchev–Trinajstić information content (AvgIpc) is 3.02. The zero-order chi connectivity index (χ0) is 15.8. The van der Waals surface area contributed by atoms with Crippen molar-refractivity contribution in [2.75, 3.05) is 5.32 Å². The van der Waals surface area contributed by atoms with Gasteiger partial charge in [0.05, 0.1) is 22.2 Å². The molecule has 2 heterocycles. The molecule has 0 aliphatic carbocycles. The second-order valence-corrected chi connectivity index (χ2v) is 4.98. The minimum Gasteiger partial charge on any atom is -0.340 e. The molecule has 2 aromatic carbocycles. The number of nitro benzene ring substituents is 1. The van der Waals surface area contributed by atoms with Crippen molar-refractivity contribution in [2.24, 2.45) is 0 Å². The van der Waals surface area contributed by atoms with E-state index in [1.165, 1.54) is 18.5 Å². The Kier molecular flexibility index (Phi) is 3.97. The summed E-state index contributed by atoms with van der Waals surface area (Å²) in [4.78, 5) is 18.9. The van der Waals surface area contributed by atoms with Gasteiger partial charge in [-0.15, -0.1) is 12.4 Å². The van der Waals surface area contributed by atoms with E-state index in [1.54, 1.807) is 12.3 Å². The van der Waals surface area contributed by atoms with Crippen LogP contribution >= 0.6 is 12.4 Å².